The number of hydrazine groups is 1. The van der Waals surface area contributed by atoms with Crippen LogP contribution in [0.1, 0.15) is 6.92 Å². The number of rotatable bonds is 4. The normalized spacial score (nSPS) is 23.1. The van der Waals surface area contributed by atoms with E-state index in [0.717, 1.165) is 58.8 Å². The molecule has 19 heavy (non-hydrogen) atoms. The van der Waals surface area contributed by atoms with Gasteiger partial charge in [-0.3, -0.25) is 15.1 Å². The fourth-order valence-electron chi connectivity index (χ4n) is 2.14. The minimum absolute atomic E-state index is 0.291. The van der Waals surface area contributed by atoms with Gasteiger partial charge < -0.3 is 15.7 Å². The summed E-state index contributed by atoms with van der Waals surface area (Å²) in [4.78, 5) is 12.7. The molecular weight excluding hydrogens is 246 g/mol. The highest BCUT2D eigenvalue weighted by Crippen LogP contribution is 1.92. The summed E-state index contributed by atoms with van der Waals surface area (Å²) in [6.45, 7) is 9.41. The lowest BCUT2D eigenvalue weighted by atomic mass is 10.3. The molecule has 1 amide bonds. The topological polar surface area (TPSA) is 79.9 Å². The van der Waals surface area contributed by atoms with E-state index in [1.807, 2.05) is 11.9 Å². The number of hydrogen-bond acceptors (Lipinski definition) is 6. The summed E-state index contributed by atoms with van der Waals surface area (Å²) >= 11 is 0. The van der Waals surface area contributed by atoms with E-state index >= 15 is 0 Å². The number of nitrogens with one attached hydrogen (secondary N) is 3. The minimum atomic E-state index is -0.291. The third kappa shape index (κ3) is 8.12. The zero-order valence-electron chi connectivity index (χ0n) is 11.8. The molecule has 1 saturated heterocycles. The number of aliphatic hydroxyl groups excluding tert-OH is 1. The Bertz CT molecular complexity index is 226. The molecule has 1 rings (SSSR count). The number of carbonyl (C=O) groups excluding carboxylic acids is 1. The van der Waals surface area contributed by atoms with Gasteiger partial charge in [0.15, 0.2) is 0 Å². The molecule has 1 unspecified atom stereocenters. The highest BCUT2D eigenvalue weighted by Gasteiger charge is 2.09. The first-order valence-corrected chi connectivity index (χ1v) is 6.99. The number of amides is 1. The third-order valence-electron chi connectivity index (χ3n) is 3.08. The smallest absolute Gasteiger partial charge is 0.221 e. The maximum Gasteiger partial charge on any atom is 0.221 e. The summed E-state index contributed by atoms with van der Waals surface area (Å²) in [5.74, 6) is 0. The number of nitrogens with zero attached hydrogens (tertiary/aromatic N) is 2. The Labute approximate surface area is 115 Å². The van der Waals surface area contributed by atoms with E-state index in [-0.39, 0.29) is 6.10 Å². The van der Waals surface area contributed by atoms with Crippen LogP contribution in [0.3, 0.4) is 0 Å². The van der Waals surface area contributed by atoms with E-state index in [0.29, 0.717) is 6.54 Å². The van der Waals surface area contributed by atoms with Gasteiger partial charge in [-0.25, -0.2) is 5.01 Å². The molecule has 112 valence electrons. The van der Waals surface area contributed by atoms with Crippen molar-refractivity contribution in [1.29, 1.82) is 0 Å². The van der Waals surface area contributed by atoms with Gasteiger partial charge in [0, 0.05) is 58.9 Å². The molecule has 1 aliphatic heterocycles. The Hall–Kier alpha value is -0.730. The molecule has 0 radical (unpaired) electrons. The second-order valence-corrected chi connectivity index (χ2v) is 4.88. The largest absolute Gasteiger partial charge is 0.392 e. The van der Waals surface area contributed by atoms with E-state index < -0.39 is 0 Å². The maximum absolute atomic E-state index is 10.5. The molecule has 1 heterocycles. The van der Waals surface area contributed by atoms with Gasteiger partial charge in [-0.05, 0) is 6.92 Å². The van der Waals surface area contributed by atoms with Crippen LogP contribution in [0.25, 0.3) is 0 Å². The van der Waals surface area contributed by atoms with Crippen molar-refractivity contribution in [2.24, 2.45) is 0 Å². The van der Waals surface area contributed by atoms with Crippen molar-refractivity contribution in [2.45, 2.75) is 13.0 Å². The Morgan fingerprint density at radius 2 is 1.68 bits per heavy atom. The molecule has 0 spiro atoms. The van der Waals surface area contributed by atoms with Crippen molar-refractivity contribution < 1.29 is 9.90 Å². The molecule has 0 bridgehead atoms. The fraction of sp³-hybridized carbons (Fsp3) is 0.917. The SMILES string of the molecule is CC(O)CN1CCNCCN(NC=O)CCNCC1. The van der Waals surface area contributed by atoms with Crippen LogP contribution in [-0.4, -0.2) is 86.4 Å². The monoisotopic (exact) mass is 273 g/mol. The molecule has 7 nitrogen and oxygen atoms in total. The van der Waals surface area contributed by atoms with E-state index in [4.69, 9.17) is 0 Å². The standard InChI is InChI=1S/C12H27N5O2/c1-12(19)10-16-6-2-13-4-8-17(15-11-18)9-5-14-3-7-16/h11-14,19H,2-10H2,1H3,(H,15,18). The first kappa shape index (κ1) is 16.3. The van der Waals surface area contributed by atoms with Crippen LogP contribution in [0.2, 0.25) is 0 Å². The van der Waals surface area contributed by atoms with Crippen molar-refractivity contribution >= 4 is 6.41 Å². The Balaban J connectivity index is 2.33. The first-order chi connectivity index (χ1) is 9.22. The van der Waals surface area contributed by atoms with Crippen molar-refractivity contribution in [3.63, 3.8) is 0 Å². The predicted octanol–water partition coefficient (Wildman–Crippen LogP) is -2.17. The van der Waals surface area contributed by atoms with Crippen molar-refractivity contribution in [2.75, 3.05) is 58.9 Å². The molecule has 0 aromatic carbocycles. The lowest BCUT2D eigenvalue weighted by Gasteiger charge is -2.26. The molecule has 1 atom stereocenters. The minimum Gasteiger partial charge on any atom is -0.392 e. The van der Waals surface area contributed by atoms with E-state index in [1.54, 1.807) is 0 Å². The van der Waals surface area contributed by atoms with Crippen LogP contribution >= 0.6 is 0 Å². The first-order valence-electron chi connectivity index (χ1n) is 6.99. The van der Waals surface area contributed by atoms with Gasteiger partial charge in [-0.15, -0.1) is 0 Å². The van der Waals surface area contributed by atoms with Gasteiger partial charge in [0.05, 0.1) is 6.10 Å². The summed E-state index contributed by atoms with van der Waals surface area (Å²) in [5, 5.41) is 18.1. The van der Waals surface area contributed by atoms with E-state index in [9.17, 15) is 9.90 Å². The maximum atomic E-state index is 10.5. The molecule has 0 aliphatic carbocycles. The summed E-state index contributed by atoms with van der Waals surface area (Å²) in [7, 11) is 0. The van der Waals surface area contributed by atoms with Gasteiger partial charge in [0.25, 0.3) is 0 Å². The third-order valence-corrected chi connectivity index (χ3v) is 3.08. The molecular formula is C12H27N5O2. The van der Waals surface area contributed by atoms with Crippen molar-refractivity contribution in [1.82, 2.24) is 26.0 Å². The van der Waals surface area contributed by atoms with Crippen LogP contribution in [0, 0.1) is 0 Å². The van der Waals surface area contributed by atoms with Crippen LogP contribution < -0.4 is 16.1 Å². The van der Waals surface area contributed by atoms with Crippen molar-refractivity contribution in [3.8, 4) is 0 Å². The Morgan fingerprint density at radius 1 is 1.16 bits per heavy atom. The van der Waals surface area contributed by atoms with Gasteiger partial charge in [-0.2, -0.15) is 0 Å². The number of β-amino-alcohol motifs (C(OH)–C–C–N with tert-alkyl or cyclic N) is 1. The van der Waals surface area contributed by atoms with Crippen LogP contribution in [0.15, 0.2) is 0 Å². The summed E-state index contributed by atoms with van der Waals surface area (Å²) in [5.41, 5.74) is 2.70. The lowest BCUT2D eigenvalue weighted by molar-refractivity contribution is -0.113. The molecule has 1 fully saturated rings. The average Bonchev–Trinajstić information content (AvgIpc) is 2.34. The summed E-state index contributed by atoms with van der Waals surface area (Å²) in [6, 6.07) is 0. The summed E-state index contributed by atoms with van der Waals surface area (Å²) < 4.78 is 0. The van der Waals surface area contributed by atoms with Gasteiger partial charge >= 0.3 is 0 Å². The number of hydrogen-bond donors (Lipinski definition) is 4. The second-order valence-electron chi connectivity index (χ2n) is 4.88. The molecule has 7 heteroatoms. The predicted molar refractivity (Wildman–Crippen MR) is 74.6 cm³/mol. The number of aliphatic hydroxyl groups is 1. The average molecular weight is 273 g/mol. The van der Waals surface area contributed by atoms with E-state index in [2.05, 4.69) is 21.0 Å². The fourth-order valence-corrected chi connectivity index (χ4v) is 2.14. The zero-order chi connectivity index (χ0) is 13.9. The Kier molecular flexibility index (Phi) is 8.68. The molecule has 0 aromatic heterocycles. The number of carbonyl (C=O) groups is 1. The van der Waals surface area contributed by atoms with Crippen LogP contribution in [0.5, 0.6) is 0 Å². The quantitative estimate of drug-likeness (QED) is 0.436. The molecule has 0 aromatic rings. The van der Waals surface area contributed by atoms with Crippen molar-refractivity contribution in [3.05, 3.63) is 0 Å². The lowest BCUT2D eigenvalue weighted by Crippen LogP contribution is -2.48. The molecule has 1 aliphatic rings. The highest BCUT2D eigenvalue weighted by atomic mass is 16.3. The summed E-state index contributed by atoms with van der Waals surface area (Å²) in [6.07, 6.45) is 0.427. The van der Waals surface area contributed by atoms with Crippen LogP contribution in [0.4, 0.5) is 0 Å². The zero-order valence-corrected chi connectivity index (χ0v) is 11.8. The van der Waals surface area contributed by atoms with E-state index in [1.165, 1.54) is 0 Å². The highest BCUT2D eigenvalue weighted by molar-refractivity contribution is 5.44. The van der Waals surface area contributed by atoms with Crippen LogP contribution in [-0.2, 0) is 4.79 Å². The molecule has 4 N–H and O–H groups in total. The second kappa shape index (κ2) is 10.1. The van der Waals surface area contributed by atoms with Gasteiger partial charge in [0.1, 0.15) is 0 Å². The molecule has 0 saturated carbocycles. The van der Waals surface area contributed by atoms with Gasteiger partial charge in [-0.1, -0.05) is 0 Å². The van der Waals surface area contributed by atoms with Gasteiger partial charge in [0.2, 0.25) is 6.41 Å². The Morgan fingerprint density at radius 3 is 2.16 bits per heavy atom.